The lowest BCUT2D eigenvalue weighted by Gasteiger charge is -2.23. The van der Waals surface area contributed by atoms with E-state index in [0.29, 0.717) is 12.5 Å². The summed E-state index contributed by atoms with van der Waals surface area (Å²) in [5.41, 5.74) is 1.16. The molecular weight excluding hydrogens is 252 g/mol. The molecule has 0 spiro atoms. The number of nitrogens with one attached hydrogen (secondary N) is 2. The van der Waals surface area contributed by atoms with E-state index in [4.69, 9.17) is 0 Å². The zero-order valence-electron chi connectivity index (χ0n) is 12.4. The normalized spacial score (nSPS) is 16.1. The van der Waals surface area contributed by atoms with Crippen molar-refractivity contribution in [1.82, 2.24) is 15.6 Å². The van der Waals surface area contributed by atoms with Crippen LogP contribution in [0.3, 0.4) is 0 Å². The van der Waals surface area contributed by atoms with Gasteiger partial charge in [-0.05, 0) is 24.9 Å². The number of amides is 1. The fourth-order valence-electron chi connectivity index (χ4n) is 2.34. The standard InChI is InChI=1S/C15H24N4O/c1-12(2)9-16-10-13-5-3-6-18-15(13)19-8-4-7-17-14(20)11-19/h3,5-6,12,16H,4,7-11H2,1-2H3,(H,17,20). The number of rotatable bonds is 5. The molecular formula is C15H24N4O. The van der Waals surface area contributed by atoms with Crippen LogP contribution in [0.4, 0.5) is 5.82 Å². The minimum atomic E-state index is 0.0780. The van der Waals surface area contributed by atoms with Gasteiger partial charge in [0, 0.05) is 31.4 Å². The van der Waals surface area contributed by atoms with Crippen molar-refractivity contribution >= 4 is 11.7 Å². The number of nitrogens with zero attached hydrogens (tertiary/aromatic N) is 2. The molecule has 0 aliphatic carbocycles. The van der Waals surface area contributed by atoms with Crippen molar-refractivity contribution in [2.24, 2.45) is 5.92 Å². The van der Waals surface area contributed by atoms with Crippen molar-refractivity contribution in [2.45, 2.75) is 26.8 Å². The Morgan fingerprint density at radius 2 is 2.35 bits per heavy atom. The molecule has 0 unspecified atom stereocenters. The van der Waals surface area contributed by atoms with Gasteiger partial charge in [0.2, 0.25) is 5.91 Å². The average molecular weight is 276 g/mol. The van der Waals surface area contributed by atoms with Gasteiger partial charge in [0.15, 0.2) is 0 Å². The van der Waals surface area contributed by atoms with Gasteiger partial charge in [0.05, 0.1) is 6.54 Å². The second kappa shape index (κ2) is 7.24. The molecule has 0 radical (unpaired) electrons. The number of aromatic nitrogens is 1. The maximum Gasteiger partial charge on any atom is 0.239 e. The van der Waals surface area contributed by atoms with E-state index in [1.54, 1.807) is 6.20 Å². The molecule has 1 aliphatic heterocycles. The van der Waals surface area contributed by atoms with Gasteiger partial charge in [-0.1, -0.05) is 19.9 Å². The van der Waals surface area contributed by atoms with Gasteiger partial charge in [-0.15, -0.1) is 0 Å². The SMILES string of the molecule is CC(C)CNCc1cccnc1N1CCCNC(=O)C1. The predicted molar refractivity (Wildman–Crippen MR) is 80.6 cm³/mol. The second-order valence-electron chi connectivity index (χ2n) is 5.64. The topological polar surface area (TPSA) is 57.3 Å². The summed E-state index contributed by atoms with van der Waals surface area (Å²) in [5, 5.41) is 6.34. The first-order valence-corrected chi connectivity index (χ1v) is 7.33. The molecule has 20 heavy (non-hydrogen) atoms. The van der Waals surface area contributed by atoms with Crippen LogP contribution in [0, 0.1) is 5.92 Å². The minimum absolute atomic E-state index is 0.0780. The van der Waals surface area contributed by atoms with Crippen LogP contribution in [0.5, 0.6) is 0 Å². The molecule has 5 heteroatoms. The van der Waals surface area contributed by atoms with E-state index < -0.39 is 0 Å². The van der Waals surface area contributed by atoms with Crippen LogP contribution in [0.25, 0.3) is 0 Å². The van der Waals surface area contributed by atoms with Gasteiger partial charge in [0.1, 0.15) is 5.82 Å². The molecule has 1 saturated heterocycles. The number of hydrogen-bond acceptors (Lipinski definition) is 4. The highest BCUT2D eigenvalue weighted by molar-refractivity contribution is 5.81. The third-order valence-corrected chi connectivity index (χ3v) is 3.30. The lowest BCUT2D eigenvalue weighted by atomic mass is 10.2. The monoisotopic (exact) mass is 276 g/mol. The Hall–Kier alpha value is -1.62. The Balaban J connectivity index is 2.07. The molecule has 110 valence electrons. The number of carbonyl (C=O) groups excluding carboxylic acids is 1. The van der Waals surface area contributed by atoms with E-state index in [9.17, 15) is 4.79 Å². The van der Waals surface area contributed by atoms with Crippen molar-refractivity contribution in [3.63, 3.8) is 0 Å². The molecule has 1 aliphatic rings. The molecule has 1 fully saturated rings. The van der Waals surface area contributed by atoms with Crippen LogP contribution in [0.15, 0.2) is 18.3 Å². The molecule has 1 aromatic heterocycles. The molecule has 0 aromatic carbocycles. The summed E-state index contributed by atoms with van der Waals surface area (Å²) in [4.78, 5) is 18.2. The van der Waals surface area contributed by atoms with E-state index in [2.05, 4.69) is 40.4 Å². The van der Waals surface area contributed by atoms with Gasteiger partial charge >= 0.3 is 0 Å². The highest BCUT2D eigenvalue weighted by Gasteiger charge is 2.18. The lowest BCUT2D eigenvalue weighted by Crippen LogP contribution is -2.34. The summed E-state index contributed by atoms with van der Waals surface area (Å²) in [5.74, 6) is 1.63. The third-order valence-electron chi connectivity index (χ3n) is 3.30. The first-order chi connectivity index (χ1) is 9.66. The van der Waals surface area contributed by atoms with Gasteiger partial charge in [-0.2, -0.15) is 0 Å². The average Bonchev–Trinajstić information content (AvgIpc) is 2.63. The van der Waals surface area contributed by atoms with Gasteiger partial charge in [-0.25, -0.2) is 4.98 Å². The Bertz CT molecular complexity index is 447. The largest absolute Gasteiger partial charge is 0.354 e. The minimum Gasteiger partial charge on any atom is -0.354 e. The van der Waals surface area contributed by atoms with Gasteiger partial charge in [0.25, 0.3) is 0 Å². The Morgan fingerprint density at radius 3 is 3.15 bits per heavy atom. The zero-order valence-corrected chi connectivity index (χ0v) is 12.4. The van der Waals surface area contributed by atoms with Crippen LogP contribution >= 0.6 is 0 Å². The summed E-state index contributed by atoms with van der Waals surface area (Å²) in [7, 11) is 0. The summed E-state index contributed by atoms with van der Waals surface area (Å²) in [6, 6.07) is 4.03. The molecule has 0 atom stereocenters. The van der Waals surface area contributed by atoms with Crippen LogP contribution in [0.2, 0.25) is 0 Å². The summed E-state index contributed by atoms with van der Waals surface area (Å²) in [6.07, 6.45) is 2.76. The first kappa shape index (κ1) is 14.8. The van der Waals surface area contributed by atoms with Crippen molar-refractivity contribution in [3.8, 4) is 0 Å². The fraction of sp³-hybridized carbons (Fsp3) is 0.600. The van der Waals surface area contributed by atoms with Crippen LogP contribution in [-0.2, 0) is 11.3 Å². The number of hydrogen-bond donors (Lipinski definition) is 2. The molecule has 2 heterocycles. The van der Waals surface area contributed by atoms with E-state index in [1.807, 2.05) is 6.07 Å². The van der Waals surface area contributed by atoms with E-state index in [-0.39, 0.29) is 5.91 Å². The lowest BCUT2D eigenvalue weighted by molar-refractivity contribution is -0.119. The molecule has 0 bridgehead atoms. The van der Waals surface area contributed by atoms with Crippen molar-refractivity contribution in [1.29, 1.82) is 0 Å². The molecule has 5 nitrogen and oxygen atoms in total. The van der Waals surface area contributed by atoms with Crippen molar-refractivity contribution in [2.75, 3.05) is 31.1 Å². The van der Waals surface area contributed by atoms with Crippen molar-refractivity contribution < 1.29 is 4.79 Å². The number of carbonyl (C=O) groups is 1. The quantitative estimate of drug-likeness (QED) is 0.847. The summed E-state index contributed by atoms with van der Waals surface area (Å²) in [6.45, 7) is 8.17. The first-order valence-electron chi connectivity index (χ1n) is 7.33. The van der Waals surface area contributed by atoms with Crippen molar-refractivity contribution in [3.05, 3.63) is 23.9 Å². The number of anilines is 1. The maximum atomic E-state index is 11.7. The molecule has 1 amide bonds. The Labute approximate surface area is 120 Å². The Kier molecular flexibility index (Phi) is 5.35. The zero-order chi connectivity index (χ0) is 14.4. The highest BCUT2D eigenvalue weighted by atomic mass is 16.2. The van der Waals surface area contributed by atoms with E-state index >= 15 is 0 Å². The summed E-state index contributed by atoms with van der Waals surface area (Å²) >= 11 is 0. The van der Waals surface area contributed by atoms with E-state index in [0.717, 1.165) is 44.0 Å². The van der Waals surface area contributed by atoms with Gasteiger partial charge in [-0.3, -0.25) is 4.79 Å². The van der Waals surface area contributed by atoms with E-state index in [1.165, 1.54) is 0 Å². The highest BCUT2D eigenvalue weighted by Crippen LogP contribution is 2.18. The van der Waals surface area contributed by atoms with Crippen LogP contribution in [-0.4, -0.2) is 37.1 Å². The van der Waals surface area contributed by atoms with Gasteiger partial charge < -0.3 is 15.5 Å². The Morgan fingerprint density at radius 1 is 1.50 bits per heavy atom. The number of pyridine rings is 1. The van der Waals surface area contributed by atoms with Crippen LogP contribution in [0.1, 0.15) is 25.8 Å². The molecule has 0 saturated carbocycles. The third kappa shape index (κ3) is 4.20. The van der Waals surface area contributed by atoms with Crippen LogP contribution < -0.4 is 15.5 Å². The molecule has 2 rings (SSSR count). The second-order valence-corrected chi connectivity index (χ2v) is 5.64. The smallest absolute Gasteiger partial charge is 0.239 e. The molecule has 1 aromatic rings. The summed E-state index contributed by atoms with van der Waals surface area (Å²) < 4.78 is 0. The predicted octanol–water partition coefficient (Wildman–Crippen LogP) is 1.15. The fourth-order valence-corrected chi connectivity index (χ4v) is 2.34. The maximum absolute atomic E-state index is 11.7. The molecule has 2 N–H and O–H groups in total.